The summed E-state index contributed by atoms with van der Waals surface area (Å²) in [5.74, 6) is 2.42. The first-order valence-corrected chi connectivity index (χ1v) is 12.3. The molecule has 180 valence electrons. The molecule has 6 heteroatoms. The molecule has 6 nitrogen and oxygen atoms in total. The molecular formula is C25H46N2O4. The summed E-state index contributed by atoms with van der Waals surface area (Å²) in [5.41, 5.74) is -0.461. The largest absolute Gasteiger partial charge is 0.444 e. The van der Waals surface area contributed by atoms with Crippen LogP contribution in [0.25, 0.3) is 0 Å². The van der Waals surface area contributed by atoms with Crippen LogP contribution in [0, 0.1) is 23.7 Å². The summed E-state index contributed by atoms with van der Waals surface area (Å²) in [4.78, 5) is 29.2. The molecule has 2 fully saturated rings. The van der Waals surface area contributed by atoms with Crippen molar-refractivity contribution in [3.63, 3.8) is 0 Å². The van der Waals surface area contributed by atoms with Gasteiger partial charge >= 0.3 is 6.09 Å². The smallest absolute Gasteiger partial charge is 0.410 e. The zero-order valence-corrected chi connectivity index (χ0v) is 21.0. The SMILES string of the molecule is COCCC(=O)N1CCCC(C(C)CC2CCN(C(=O)OC(C)(C)C)C(C(C)C)C2)C1. The maximum absolute atomic E-state index is 12.7. The number of carbonyl (C=O) groups is 2. The molecule has 0 aliphatic carbocycles. The van der Waals surface area contributed by atoms with E-state index in [1.807, 2.05) is 30.6 Å². The third-order valence-corrected chi connectivity index (χ3v) is 6.99. The van der Waals surface area contributed by atoms with Gasteiger partial charge in [0.2, 0.25) is 5.91 Å². The Kier molecular flexibility index (Phi) is 9.66. The van der Waals surface area contributed by atoms with Crippen molar-refractivity contribution < 1.29 is 19.1 Å². The van der Waals surface area contributed by atoms with Gasteiger partial charge in [-0.2, -0.15) is 0 Å². The molecule has 4 unspecified atom stereocenters. The lowest BCUT2D eigenvalue weighted by molar-refractivity contribution is -0.134. The molecule has 2 aliphatic heterocycles. The van der Waals surface area contributed by atoms with E-state index < -0.39 is 5.60 Å². The van der Waals surface area contributed by atoms with Crippen LogP contribution in [-0.4, -0.2) is 66.8 Å². The molecule has 2 saturated heterocycles. The predicted octanol–water partition coefficient (Wildman–Crippen LogP) is 4.96. The molecule has 2 rings (SSSR count). The molecule has 0 saturated carbocycles. The molecule has 0 bridgehead atoms. The van der Waals surface area contributed by atoms with Gasteiger partial charge in [0.05, 0.1) is 13.0 Å². The normalized spacial score (nSPS) is 26.1. The fraction of sp³-hybridized carbons (Fsp3) is 0.920. The number of rotatable bonds is 7. The third-order valence-electron chi connectivity index (χ3n) is 6.99. The van der Waals surface area contributed by atoms with Crippen molar-refractivity contribution >= 4 is 12.0 Å². The molecular weight excluding hydrogens is 392 g/mol. The first-order chi connectivity index (χ1) is 14.5. The van der Waals surface area contributed by atoms with Gasteiger partial charge in [0, 0.05) is 32.8 Å². The molecule has 4 atom stereocenters. The van der Waals surface area contributed by atoms with Crippen molar-refractivity contribution in [2.24, 2.45) is 23.7 Å². The van der Waals surface area contributed by atoms with E-state index in [1.54, 1.807) is 7.11 Å². The van der Waals surface area contributed by atoms with Gasteiger partial charge in [-0.15, -0.1) is 0 Å². The zero-order chi connectivity index (χ0) is 23.2. The van der Waals surface area contributed by atoms with E-state index in [9.17, 15) is 9.59 Å². The van der Waals surface area contributed by atoms with Crippen LogP contribution in [0.1, 0.15) is 80.1 Å². The summed E-state index contributed by atoms with van der Waals surface area (Å²) in [7, 11) is 1.65. The zero-order valence-electron chi connectivity index (χ0n) is 21.0. The first-order valence-electron chi connectivity index (χ1n) is 12.3. The Morgan fingerprint density at radius 1 is 1.10 bits per heavy atom. The number of hydrogen-bond donors (Lipinski definition) is 0. The van der Waals surface area contributed by atoms with E-state index in [1.165, 1.54) is 12.8 Å². The molecule has 0 aromatic heterocycles. The molecule has 2 amide bonds. The number of ether oxygens (including phenoxy) is 2. The topological polar surface area (TPSA) is 59.1 Å². The highest BCUT2D eigenvalue weighted by atomic mass is 16.6. The molecule has 2 aliphatic rings. The van der Waals surface area contributed by atoms with Crippen LogP contribution in [0.2, 0.25) is 0 Å². The number of nitrogens with zero attached hydrogens (tertiary/aromatic N) is 2. The van der Waals surface area contributed by atoms with Crippen LogP contribution in [0.5, 0.6) is 0 Å². The van der Waals surface area contributed by atoms with Crippen LogP contribution in [-0.2, 0) is 14.3 Å². The number of carbonyl (C=O) groups excluding carboxylic acids is 2. The predicted molar refractivity (Wildman–Crippen MR) is 124 cm³/mol. The highest BCUT2D eigenvalue weighted by molar-refractivity contribution is 5.76. The molecule has 0 spiro atoms. The highest BCUT2D eigenvalue weighted by Gasteiger charge is 2.37. The van der Waals surface area contributed by atoms with Gasteiger partial charge in [-0.1, -0.05) is 20.8 Å². The second-order valence-corrected chi connectivity index (χ2v) is 11.1. The summed E-state index contributed by atoms with van der Waals surface area (Å²) in [6.45, 7) is 15.6. The average molecular weight is 439 g/mol. The molecule has 0 radical (unpaired) electrons. The summed E-state index contributed by atoms with van der Waals surface area (Å²) < 4.78 is 10.7. The van der Waals surface area contributed by atoms with E-state index in [0.29, 0.717) is 36.7 Å². The van der Waals surface area contributed by atoms with Crippen LogP contribution in [0.3, 0.4) is 0 Å². The van der Waals surface area contributed by atoms with Crippen LogP contribution in [0.4, 0.5) is 4.79 Å². The lowest BCUT2D eigenvalue weighted by Crippen LogP contribution is -2.50. The van der Waals surface area contributed by atoms with Crippen molar-refractivity contribution in [1.29, 1.82) is 0 Å². The average Bonchev–Trinajstić information content (AvgIpc) is 2.70. The van der Waals surface area contributed by atoms with Gasteiger partial charge < -0.3 is 19.3 Å². The Bertz CT molecular complexity index is 587. The first kappa shape index (κ1) is 26.0. The fourth-order valence-corrected chi connectivity index (χ4v) is 5.23. The monoisotopic (exact) mass is 438 g/mol. The van der Waals surface area contributed by atoms with Gasteiger partial charge in [-0.25, -0.2) is 4.79 Å². The van der Waals surface area contributed by atoms with Crippen molar-refractivity contribution in [2.75, 3.05) is 33.4 Å². The third kappa shape index (κ3) is 7.96. The minimum absolute atomic E-state index is 0.171. The van der Waals surface area contributed by atoms with Crippen molar-refractivity contribution in [3.8, 4) is 0 Å². The maximum Gasteiger partial charge on any atom is 0.410 e. The van der Waals surface area contributed by atoms with Crippen LogP contribution < -0.4 is 0 Å². The number of piperidine rings is 2. The Morgan fingerprint density at radius 2 is 1.81 bits per heavy atom. The van der Waals surface area contributed by atoms with Gasteiger partial charge in [-0.05, 0) is 76.5 Å². The van der Waals surface area contributed by atoms with E-state index in [0.717, 1.165) is 38.9 Å². The number of methoxy groups -OCH3 is 1. The standard InChI is InChI=1S/C25H46N2O4/c1-18(2)22-16-20(10-13-27(22)24(29)31-25(4,5)6)15-19(3)21-9-8-12-26(17-21)23(28)11-14-30-7/h18-22H,8-17H2,1-7H3. The number of amides is 2. The van der Waals surface area contributed by atoms with Gasteiger partial charge in [0.15, 0.2) is 0 Å². The van der Waals surface area contributed by atoms with Gasteiger partial charge in [0.25, 0.3) is 0 Å². The second-order valence-electron chi connectivity index (χ2n) is 11.1. The van der Waals surface area contributed by atoms with Gasteiger partial charge in [0.1, 0.15) is 5.60 Å². The summed E-state index contributed by atoms with van der Waals surface area (Å²) in [6, 6.07) is 0.235. The summed E-state index contributed by atoms with van der Waals surface area (Å²) >= 11 is 0. The van der Waals surface area contributed by atoms with E-state index in [-0.39, 0.29) is 18.0 Å². The second kappa shape index (κ2) is 11.5. The Hall–Kier alpha value is -1.30. The van der Waals surface area contributed by atoms with Crippen molar-refractivity contribution in [3.05, 3.63) is 0 Å². The molecule has 0 aromatic carbocycles. The minimum Gasteiger partial charge on any atom is -0.444 e. The molecule has 2 heterocycles. The molecule has 31 heavy (non-hydrogen) atoms. The summed E-state index contributed by atoms with van der Waals surface area (Å²) in [5, 5.41) is 0. The lowest BCUT2D eigenvalue weighted by atomic mass is 9.76. The van der Waals surface area contributed by atoms with E-state index in [4.69, 9.17) is 9.47 Å². The van der Waals surface area contributed by atoms with E-state index >= 15 is 0 Å². The van der Waals surface area contributed by atoms with Crippen LogP contribution >= 0.6 is 0 Å². The van der Waals surface area contributed by atoms with E-state index in [2.05, 4.69) is 20.8 Å². The van der Waals surface area contributed by atoms with Crippen LogP contribution in [0.15, 0.2) is 0 Å². The molecule has 0 N–H and O–H groups in total. The lowest BCUT2D eigenvalue weighted by Gasteiger charge is -2.43. The summed E-state index contributed by atoms with van der Waals surface area (Å²) in [6.07, 6.45) is 5.88. The maximum atomic E-state index is 12.7. The van der Waals surface area contributed by atoms with Crippen molar-refractivity contribution in [2.45, 2.75) is 91.7 Å². The van der Waals surface area contributed by atoms with Gasteiger partial charge in [-0.3, -0.25) is 4.79 Å². The minimum atomic E-state index is -0.461. The number of hydrogen-bond acceptors (Lipinski definition) is 4. The highest BCUT2D eigenvalue weighted by Crippen LogP contribution is 2.36. The Labute approximate surface area is 190 Å². The molecule has 0 aromatic rings. The fourth-order valence-electron chi connectivity index (χ4n) is 5.23. The Balaban J connectivity index is 1.91. The number of likely N-dealkylation sites (tertiary alicyclic amines) is 2. The Morgan fingerprint density at radius 3 is 2.42 bits per heavy atom. The quantitative estimate of drug-likeness (QED) is 0.564. The van der Waals surface area contributed by atoms with Crippen molar-refractivity contribution in [1.82, 2.24) is 9.80 Å².